The molecule has 2 heterocycles. The molecule has 0 fully saturated rings. The van der Waals surface area contributed by atoms with Crippen molar-refractivity contribution in [1.82, 2.24) is 25.0 Å². The number of rotatable bonds is 5. The lowest BCUT2D eigenvalue weighted by molar-refractivity contribution is 0.102. The smallest absolute Gasteiger partial charge is 0.276 e. The molecular formula is C19H15N7O. The zero-order chi connectivity index (χ0) is 18.5. The molecule has 0 radical (unpaired) electrons. The van der Waals surface area contributed by atoms with Gasteiger partial charge in [0, 0.05) is 17.1 Å². The number of anilines is 3. The average Bonchev–Trinajstić information content (AvgIpc) is 3.25. The van der Waals surface area contributed by atoms with E-state index >= 15 is 0 Å². The lowest BCUT2D eigenvalue weighted by Gasteiger charge is -2.08. The Labute approximate surface area is 154 Å². The van der Waals surface area contributed by atoms with Crippen molar-refractivity contribution in [3.63, 3.8) is 0 Å². The highest BCUT2D eigenvalue weighted by Gasteiger charge is 2.09. The number of nitrogens with one attached hydrogen (secondary N) is 2. The first kappa shape index (κ1) is 16.4. The number of carbonyl (C=O) groups is 1. The van der Waals surface area contributed by atoms with Gasteiger partial charge in [0.15, 0.2) is 11.5 Å². The molecule has 2 aromatic carbocycles. The van der Waals surface area contributed by atoms with E-state index in [4.69, 9.17) is 0 Å². The van der Waals surface area contributed by atoms with Crippen molar-refractivity contribution in [2.45, 2.75) is 0 Å². The summed E-state index contributed by atoms with van der Waals surface area (Å²) in [4.78, 5) is 16.2. The van der Waals surface area contributed by atoms with Gasteiger partial charge in [-0.3, -0.25) is 4.79 Å². The van der Waals surface area contributed by atoms with Gasteiger partial charge in [-0.25, -0.2) is 9.67 Å². The van der Waals surface area contributed by atoms with Crippen LogP contribution < -0.4 is 10.6 Å². The number of carbonyl (C=O) groups excluding carboxylic acids is 1. The molecule has 0 spiro atoms. The van der Waals surface area contributed by atoms with Crippen LogP contribution in [0.2, 0.25) is 0 Å². The van der Waals surface area contributed by atoms with Crippen molar-refractivity contribution >= 4 is 23.0 Å². The summed E-state index contributed by atoms with van der Waals surface area (Å²) in [5.41, 5.74) is 2.80. The quantitative estimate of drug-likeness (QED) is 0.570. The Hall–Kier alpha value is -4.07. The van der Waals surface area contributed by atoms with Gasteiger partial charge in [-0.15, -0.1) is 10.2 Å². The van der Waals surface area contributed by atoms with Crippen LogP contribution in [0.5, 0.6) is 0 Å². The Kier molecular flexibility index (Phi) is 4.52. The van der Waals surface area contributed by atoms with Crippen molar-refractivity contribution < 1.29 is 4.79 Å². The maximum Gasteiger partial charge on any atom is 0.276 e. The van der Waals surface area contributed by atoms with Gasteiger partial charge in [0.05, 0.1) is 0 Å². The summed E-state index contributed by atoms with van der Waals surface area (Å²) in [6, 6.07) is 20.5. The molecular weight excluding hydrogens is 342 g/mol. The van der Waals surface area contributed by atoms with E-state index in [1.165, 1.54) is 17.3 Å². The van der Waals surface area contributed by atoms with Gasteiger partial charge in [-0.05, 0) is 48.5 Å². The summed E-state index contributed by atoms with van der Waals surface area (Å²) in [6.07, 6.45) is 2.91. The highest BCUT2D eigenvalue weighted by Crippen LogP contribution is 2.19. The van der Waals surface area contributed by atoms with Crippen LogP contribution in [-0.2, 0) is 0 Å². The topological polar surface area (TPSA) is 97.6 Å². The zero-order valence-corrected chi connectivity index (χ0v) is 14.1. The van der Waals surface area contributed by atoms with Crippen LogP contribution in [0, 0.1) is 0 Å². The third-order valence-corrected chi connectivity index (χ3v) is 3.74. The van der Waals surface area contributed by atoms with Crippen LogP contribution in [0.15, 0.2) is 79.4 Å². The van der Waals surface area contributed by atoms with E-state index in [9.17, 15) is 4.79 Å². The molecule has 0 aliphatic rings. The molecule has 4 rings (SSSR count). The van der Waals surface area contributed by atoms with Gasteiger partial charge in [-0.2, -0.15) is 5.10 Å². The van der Waals surface area contributed by atoms with Gasteiger partial charge in [0.2, 0.25) is 0 Å². The van der Waals surface area contributed by atoms with Crippen LogP contribution >= 0.6 is 0 Å². The molecule has 0 aliphatic carbocycles. The van der Waals surface area contributed by atoms with Crippen LogP contribution in [0.3, 0.4) is 0 Å². The maximum atomic E-state index is 12.3. The fraction of sp³-hybridized carbons (Fsp3) is 0. The molecule has 2 N–H and O–H groups in total. The van der Waals surface area contributed by atoms with Gasteiger partial charge >= 0.3 is 0 Å². The standard InChI is InChI=1S/C19H15N7O/c27-19(17-10-11-18(25-24-17)26-13-20-12-21-26)23-16-8-6-15(7-9-16)22-14-4-2-1-3-5-14/h1-13,22H,(H,23,27). The average molecular weight is 357 g/mol. The number of aromatic nitrogens is 5. The fourth-order valence-corrected chi connectivity index (χ4v) is 2.42. The number of amides is 1. The minimum atomic E-state index is -0.337. The van der Waals surface area contributed by atoms with Crippen LogP contribution in [-0.4, -0.2) is 30.9 Å². The number of hydrogen-bond donors (Lipinski definition) is 2. The Balaban J connectivity index is 1.40. The lowest BCUT2D eigenvalue weighted by Crippen LogP contribution is -2.15. The molecule has 4 aromatic rings. The highest BCUT2D eigenvalue weighted by atomic mass is 16.1. The summed E-state index contributed by atoms with van der Waals surface area (Å²) in [6.45, 7) is 0. The molecule has 1 amide bonds. The maximum absolute atomic E-state index is 12.3. The Morgan fingerprint density at radius 2 is 1.56 bits per heavy atom. The van der Waals surface area contributed by atoms with Gasteiger partial charge in [0.1, 0.15) is 12.7 Å². The van der Waals surface area contributed by atoms with E-state index in [1.807, 2.05) is 54.6 Å². The van der Waals surface area contributed by atoms with E-state index < -0.39 is 0 Å². The first-order valence-corrected chi connectivity index (χ1v) is 8.20. The number of para-hydroxylation sites is 1. The van der Waals surface area contributed by atoms with E-state index in [2.05, 4.69) is 30.9 Å². The van der Waals surface area contributed by atoms with Gasteiger partial charge in [0.25, 0.3) is 5.91 Å². The normalized spacial score (nSPS) is 10.4. The first-order chi connectivity index (χ1) is 13.3. The highest BCUT2D eigenvalue weighted by molar-refractivity contribution is 6.02. The summed E-state index contributed by atoms with van der Waals surface area (Å²) < 4.78 is 1.47. The Bertz CT molecular complexity index is 1010. The number of benzene rings is 2. The Morgan fingerprint density at radius 1 is 0.815 bits per heavy atom. The molecule has 27 heavy (non-hydrogen) atoms. The van der Waals surface area contributed by atoms with Crippen LogP contribution in [0.25, 0.3) is 5.82 Å². The molecule has 2 aromatic heterocycles. The second-order valence-corrected chi connectivity index (χ2v) is 5.64. The molecule has 132 valence electrons. The third-order valence-electron chi connectivity index (χ3n) is 3.74. The minimum absolute atomic E-state index is 0.213. The summed E-state index contributed by atoms with van der Waals surface area (Å²) in [5, 5.41) is 18.0. The van der Waals surface area contributed by atoms with E-state index in [0.29, 0.717) is 11.5 Å². The molecule has 0 aliphatic heterocycles. The van der Waals surface area contributed by atoms with Gasteiger partial charge < -0.3 is 10.6 Å². The minimum Gasteiger partial charge on any atom is -0.356 e. The number of nitrogens with zero attached hydrogens (tertiary/aromatic N) is 5. The summed E-state index contributed by atoms with van der Waals surface area (Å²) in [5.74, 6) is 0.150. The predicted octanol–water partition coefficient (Wildman–Crippen LogP) is 3.05. The first-order valence-electron chi connectivity index (χ1n) is 8.20. The van der Waals surface area contributed by atoms with E-state index in [-0.39, 0.29) is 11.6 Å². The van der Waals surface area contributed by atoms with Crippen LogP contribution in [0.4, 0.5) is 17.1 Å². The van der Waals surface area contributed by atoms with E-state index in [1.54, 1.807) is 12.1 Å². The zero-order valence-electron chi connectivity index (χ0n) is 14.1. The second-order valence-electron chi connectivity index (χ2n) is 5.64. The van der Waals surface area contributed by atoms with Crippen molar-refractivity contribution in [2.24, 2.45) is 0 Å². The monoisotopic (exact) mass is 357 g/mol. The molecule has 8 heteroatoms. The molecule has 0 saturated carbocycles. The van der Waals surface area contributed by atoms with Crippen molar-refractivity contribution in [3.05, 3.63) is 85.1 Å². The second kappa shape index (κ2) is 7.44. The fourth-order valence-electron chi connectivity index (χ4n) is 2.42. The predicted molar refractivity (Wildman–Crippen MR) is 101 cm³/mol. The summed E-state index contributed by atoms with van der Waals surface area (Å²) in [7, 11) is 0. The molecule has 0 atom stereocenters. The van der Waals surface area contributed by atoms with Crippen LogP contribution in [0.1, 0.15) is 10.5 Å². The molecule has 0 saturated heterocycles. The van der Waals surface area contributed by atoms with Crippen molar-refractivity contribution in [3.8, 4) is 5.82 Å². The van der Waals surface area contributed by atoms with Gasteiger partial charge in [-0.1, -0.05) is 18.2 Å². The molecule has 0 bridgehead atoms. The Morgan fingerprint density at radius 3 is 2.22 bits per heavy atom. The SMILES string of the molecule is O=C(Nc1ccc(Nc2ccccc2)cc1)c1ccc(-n2cncn2)nn1. The molecule has 0 unspecified atom stereocenters. The number of hydrogen-bond acceptors (Lipinski definition) is 6. The lowest BCUT2D eigenvalue weighted by atomic mass is 10.2. The molecule has 8 nitrogen and oxygen atoms in total. The largest absolute Gasteiger partial charge is 0.356 e. The van der Waals surface area contributed by atoms with E-state index in [0.717, 1.165) is 11.4 Å². The van der Waals surface area contributed by atoms with Crippen molar-refractivity contribution in [1.29, 1.82) is 0 Å². The van der Waals surface area contributed by atoms with Crippen molar-refractivity contribution in [2.75, 3.05) is 10.6 Å². The third kappa shape index (κ3) is 3.96. The summed E-state index contributed by atoms with van der Waals surface area (Å²) >= 11 is 0.